The van der Waals surface area contributed by atoms with E-state index in [1.807, 2.05) is 29.9 Å². The molecule has 1 atom stereocenters. The molecule has 2 aromatic heterocycles. The molecular formula is C19H22N4O2. The third-order valence-electron chi connectivity index (χ3n) is 4.91. The summed E-state index contributed by atoms with van der Waals surface area (Å²) in [5.41, 5.74) is 3.56. The lowest BCUT2D eigenvalue weighted by Gasteiger charge is -2.26. The van der Waals surface area contributed by atoms with E-state index in [-0.39, 0.29) is 5.97 Å². The Bertz CT molecular complexity index is 882. The average molecular weight is 338 g/mol. The summed E-state index contributed by atoms with van der Waals surface area (Å²) in [6, 6.07) is 8.61. The van der Waals surface area contributed by atoms with E-state index in [1.165, 1.54) is 11.2 Å². The fourth-order valence-corrected chi connectivity index (χ4v) is 3.76. The maximum absolute atomic E-state index is 12.2. The average Bonchev–Trinajstić information content (AvgIpc) is 3.27. The van der Waals surface area contributed by atoms with Gasteiger partial charge >= 0.3 is 5.97 Å². The first-order chi connectivity index (χ1) is 12.3. The van der Waals surface area contributed by atoms with Crippen molar-refractivity contribution in [1.82, 2.24) is 19.6 Å². The molecule has 6 heteroatoms. The molecule has 1 unspecified atom stereocenters. The van der Waals surface area contributed by atoms with E-state index in [0.717, 1.165) is 36.8 Å². The minimum absolute atomic E-state index is 0.139. The van der Waals surface area contributed by atoms with E-state index < -0.39 is 0 Å². The molecule has 6 nitrogen and oxygen atoms in total. The first-order valence-electron chi connectivity index (χ1n) is 8.88. The van der Waals surface area contributed by atoms with Gasteiger partial charge in [0.05, 0.1) is 25.3 Å². The van der Waals surface area contributed by atoms with Crippen LogP contribution in [0.4, 0.5) is 0 Å². The molecule has 0 spiro atoms. The maximum Gasteiger partial charge on any atom is 0.310 e. The fraction of sp³-hybridized carbons (Fsp3) is 0.421. The third kappa shape index (κ3) is 2.92. The lowest BCUT2D eigenvalue weighted by molar-refractivity contribution is -0.142. The molecule has 0 aliphatic carbocycles. The highest BCUT2D eigenvalue weighted by atomic mass is 16.5. The zero-order chi connectivity index (χ0) is 17.2. The van der Waals surface area contributed by atoms with Gasteiger partial charge in [-0.3, -0.25) is 4.79 Å². The van der Waals surface area contributed by atoms with E-state index in [1.54, 1.807) is 6.20 Å². The van der Waals surface area contributed by atoms with Crippen LogP contribution in [0.5, 0.6) is 0 Å². The SMILES string of the molecule is CCCOC(=O)Cc1c2n(c3ccccc13)CC(n1ccnn1)CC2. The third-order valence-corrected chi connectivity index (χ3v) is 4.91. The Morgan fingerprint density at radius 1 is 1.36 bits per heavy atom. The van der Waals surface area contributed by atoms with Gasteiger partial charge in [-0.15, -0.1) is 5.10 Å². The molecule has 0 amide bonds. The van der Waals surface area contributed by atoms with Crippen molar-refractivity contribution in [3.8, 4) is 0 Å². The van der Waals surface area contributed by atoms with Gasteiger partial charge in [0.1, 0.15) is 0 Å². The van der Waals surface area contributed by atoms with Crippen LogP contribution >= 0.6 is 0 Å². The van der Waals surface area contributed by atoms with E-state index >= 15 is 0 Å². The van der Waals surface area contributed by atoms with E-state index in [4.69, 9.17) is 4.74 Å². The summed E-state index contributed by atoms with van der Waals surface area (Å²) in [5, 5.41) is 9.25. The number of aromatic nitrogens is 4. The quantitative estimate of drug-likeness (QED) is 0.671. The molecule has 1 aromatic carbocycles. The van der Waals surface area contributed by atoms with Crippen LogP contribution in [-0.2, 0) is 28.9 Å². The molecule has 3 aromatic rings. The highest BCUT2D eigenvalue weighted by Gasteiger charge is 2.27. The van der Waals surface area contributed by atoms with E-state index in [2.05, 4.69) is 27.0 Å². The molecule has 0 fully saturated rings. The standard InChI is InChI=1S/C19H22N4O2/c1-2-11-25-19(24)12-16-15-5-3-4-6-17(15)22-13-14(7-8-18(16)22)23-10-9-20-21-23/h3-6,9-10,14H,2,7-8,11-13H2,1H3. The molecular weight excluding hydrogens is 316 g/mol. The summed E-state index contributed by atoms with van der Waals surface area (Å²) >= 11 is 0. The van der Waals surface area contributed by atoms with Crippen LogP contribution in [0.25, 0.3) is 10.9 Å². The Hall–Kier alpha value is -2.63. The number of hydrogen-bond donors (Lipinski definition) is 0. The zero-order valence-electron chi connectivity index (χ0n) is 14.4. The fourth-order valence-electron chi connectivity index (χ4n) is 3.76. The van der Waals surface area contributed by atoms with Crippen molar-refractivity contribution >= 4 is 16.9 Å². The second kappa shape index (κ2) is 6.70. The van der Waals surface area contributed by atoms with Crippen molar-refractivity contribution in [3.63, 3.8) is 0 Å². The number of nitrogens with zero attached hydrogens (tertiary/aromatic N) is 4. The Morgan fingerprint density at radius 3 is 3.04 bits per heavy atom. The molecule has 1 aliphatic heterocycles. The Labute approximate surface area is 146 Å². The van der Waals surface area contributed by atoms with Crippen LogP contribution in [0.1, 0.15) is 37.1 Å². The second-order valence-electron chi connectivity index (χ2n) is 6.53. The Balaban J connectivity index is 1.70. The van der Waals surface area contributed by atoms with Gasteiger partial charge in [0.25, 0.3) is 0 Å². The molecule has 0 radical (unpaired) electrons. The topological polar surface area (TPSA) is 61.9 Å². The number of hydrogen-bond acceptors (Lipinski definition) is 4. The van der Waals surface area contributed by atoms with Gasteiger partial charge in [0.15, 0.2) is 0 Å². The number of fused-ring (bicyclic) bond motifs is 3. The van der Waals surface area contributed by atoms with Gasteiger partial charge in [-0.05, 0) is 30.9 Å². The van der Waals surface area contributed by atoms with Crippen molar-refractivity contribution in [2.75, 3.05) is 6.61 Å². The molecule has 25 heavy (non-hydrogen) atoms. The Kier molecular flexibility index (Phi) is 4.26. The lowest BCUT2D eigenvalue weighted by atomic mass is 10.0. The normalized spacial score (nSPS) is 16.8. The van der Waals surface area contributed by atoms with Gasteiger partial charge in [0, 0.05) is 29.3 Å². The van der Waals surface area contributed by atoms with Crippen molar-refractivity contribution < 1.29 is 9.53 Å². The maximum atomic E-state index is 12.2. The summed E-state index contributed by atoms with van der Waals surface area (Å²) in [7, 11) is 0. The molecule has 0 saturated carbocycles. The highest BCUT2D eigenvalue weighted by molar-refractivity contribution is 5.89. The zero-order valence-corrected chi connectivity index (χ0v) is 14.4. The van der Waals surface area contributed by atoms with Gasteiger partial charge < -0.3 is 9.30 Å². The number of carbonyl (C=O) groups is 1. The molecule has 3 heterocycles. The van der Waals surface area contributed by atoms with Crippen molar-refractivity contribution in [2.24, 2.45) is 0 Å². The number of ether oxygens (including phenoxy) is 1. The summed E-state index contributed by atoms with van der Waals surface area (Å²) in [6.07, 6.45) is 6.76. The summed E-state index contributed by atoms with van der Waals surface area (Å²) in [5.74, 6) is -0.139. The van der Waals surface area contributed by atoms with Crippen molar-refractivity contribution in [1.29, 1.82) is 0 Å². The van der Waals surface area contributed by atoms with Crippen LogP contribution in [-0.4, -0.2) is 32.1 Å². The minimum Gasteiger partial charge on any atom is -0.465 e. The first-order valence-corrected chi connectivity index (χ1v) is 8.88. The number of rotatable bonds is 5. The van der Waals surface area contributed by atoms with E-state index in [0.29, 0.717) is 19.1 Å². The minimum atomic E-state index is -0.139. The van der Waals surface area contributed by atoms with Crippen molar-refractivity contribution in [2.45, 2.75) is 45.2 Å². The predicted octanol–water partition coefficient (Wildman–Crippen LogP) is 2.92. The summed E-state index contributed by atoms with van der Waals surface area (Å²) in [6.45, 7) is 3.34. The van der Waals surface area contributed by atoms with Gasteiger partial charge in [0.2, 0.25) is 0 Å². The largest absolute Gasteiger partial charge is 0.465 e. The van der Waals surface area contributed by atoms with Crippen LogP contribution in [0.15, 0.2) is 36.7 Å². The Morgan fingerprint density at radius 2 is 2.24 bits per heavy atom. The van der Waals surface area contributed by atoms with Crippen LogP contribution in [0.3, 0.4) is 0 Å². The number of para-hydroxylation sites is 1. The molecule has 130 valence electrons. The number of esters is 1. The van der Waals surface area contributed by atoms with E-state index in [9.17, 15) is 4.79 Å². The van der Waals surface area contributed by atoms with Crippen LogP contribution in [0, 0.1) is 0 Å². The summed E-state index contributed by atoms with van der Waals surface area (Å²) in [4.78, 5) is 12.2. The van der Waals surface area contributed by atoms with Gasteiger partial charge in [-0.1, -0.05) is 30.3 Å². The number of benzene rings is 1. The lowest BCUT2D eigenvalue weighted by Crippen LogP contribution is -2.24. The predicted molar refractivity (Wildman–Crippen MR) is 94.3 cm³/mol. The van der Waals surface area contributed by atoms with Crippen LogP contribution < -0.4 is 0 Å². The molecule has 0 bridgehead atoms. The summed E-state index contributed by atoms with van der Waals surface area (Å²) < 4.78 is 9.59. The first kappa shape index (κ1) is 15.9. The van der Waals surface area contributed by atoms with Gasteiger partial charge in [-0.25, -0.2) is 4.68 Å². The van der Waals surface area contributed by atoms with Crippen molar-refractivity contribution in [3.05, 3.63) is 47.9 Å². The van der Waals surface area contributed by atoms with Gasteiger partial charge in [-0.2, -0.15) is 0 Å². The monoisotopic (exact) mass is 338 g/mol. The molecule has 4 rings (SSSR count). The van der Waals surface area contributed by atoms with Crippen LogP contribution in [0.2, 0.25) is 0 Å². The molecule has 1 aliphatic rings. The second-order valence-corrected chi connectivity index (χ2v) is 6.53. The molecule has 0 N–H and O–H groups in total. The highest BCUT2D eigenvalue weighted by Crippen LogP contribution is 2.34. The molecule has 0 saturated heterocycles. The smallest absolute Gasteiger partial charge is 0.310 e. The number of carbonyl (C=O) groups excluding carboxylic acids is 1.